The first-order valence-corrected chi connectivity index (χ1v) is 9.17. The lowest BCUT2D eigenvalue weighted by Gasteiger charge is -2.52. The Balaban J connectivity index is 0.000000231. The Labute approximate surface area is 144 Å². The van der Waals surface area contributed by atoms with Crippen molar-refractivity contribution in [2.24, 2.45) is 10.8 Å². The Bertz CT molecular complexity index is 364. The fraction of sp³-hybridized carbons (Fsp3) is 1.00. The van der Waals surface area contributed by atoms with E-state index in [0.29, 0.717) is 10.8 Å². The van der Waals surface area contributed by atoms with Crippen molar-refractivity contribution in [3.63, 3.8) is 0 Å². The first kappa shape index (κ1) is 20.9. The van der Waals surface area contributed by atoms with E-state index < -0.39 is 0 Å². The summed E-state index contributed by atoms with van der Waals surface area (Å²) in [6, 6.07) is 0. The highest BCUT2D eigenvalue weighted by atomic mass is 16.3. The zero-order chi connectivity index (χ0) is 18.3. The summed E-state index contributed by atoms with van der Waals surface area (Å²) in [5.41, 5.74) is 0.921. The first-order valence-electron chi connectivity index (χ1n) is 9.17. The number of hydrogen-bond acceptors (Lipinski definition) is 3. The van der Waals surface area contributed by atoms with Gasteiger partial charge in [-0.2, -0.15) is 0 Å². The molecule has 2 aliphatic rings. The number of likely N-dealkylation sites (tertiary alicyclic amines) is 1. The Kier molecular flexibility index (Phi) is 6.05. The van der Waals surface area contributed by atoms with E-state index in [1.807, 2.05) is 0 Å². The highest BCUT2D eigenvalue weighted by Gasteiger charge is 2.42. The van der Waals surface area contributed by atoms with Gasteiger partial charge >= 0.3 is 0 Å². The topological polar surface area (TPSA) is 43.7 Å². The van der Waals surface area contributed by atoms with Gasteiger partial charge in [-0.1, -0.05) is 27.7 Å². The van der Waals surface area contributed by atoms with Crippen molar-refractivity contribution in [3.05, 3.63) is 0 Å². The summed E-state index contributed by atoms with van der Waals surface area (Å²) in [6.07, 6.45) is 4.73. The second kappa shape index (κ2) is 6.65. The van der Waals surface area contributed by atoms with E-state index >= 15 is 0 Å². The van der Waals surface area contributed by atoms with Crippen LogP contribution in [0, 0.1) is 10.8 Å². The summed E-state index contributed by atoms with van der Waals surface area (Å²) in [6.45, 7) is 17.8. The van der Waals surface area contributed by atoms with E-state index in [1.54, 1.807) is 0 Å². The van der Waals surface area contributed by atoms with Gasteiger partial charge in [0, 0.05) is 11.1 Å². The second-order valence-electron chi connectivity index (χ2n) is 10.8. The van der Waals surface area contributed by atoms with E-state index in [4.69, 9.17) is 0 Å². The molecule has 2 fully saturated rings. The molecule has 0 radical (unpaired) electrons. The Morgan fingerprint density at radius 3 is 1.26 bits per heavy atom. The van der Waals surface area contributed by atoms with Crippen LogP contribution in [0.4, 0.5) is 0 Å². The average molecular weight is 328 g/mol. The first-order chi connectivity index (χ1) is 10.1. The van der Waals surface area contributed by atoms with E-state index in [9.17, 15) is 10.2 Å². The molecule has 3 nitrogen and oxygen atoms in total. The predicted octanol–water partition coefficient (Wildman–Crippen LogP) is 4.21. The van der Waals surface area contributed by atoms with Crippen molar-refractivity contribution in [1.82, 2.24) is 4.90 Å². The smallest absolute Gasteiger partial charge is 0.0575 e. The molecule has 3 heteroatoms. The van der Waals surface area contributed by atoms with Gasteiger partial charge in [-0.3, -0.25) is 4.90 Å². The van der Waals surface area contributed by atoms with Gasteiger partial charge in [-0.05, 0) is 77.7 Å². The highest BCUT2D eigenvalue weighted by Crippen LogP contribution is 2.45. The third kappa shape index (κ3) is 6.03. The summed E-state index contributed by atoms with van der Waals surface area (Å²) >= 11 is 0. The monoisotopic (exact) mass is 327 g/mol. The third-order valence-corrected chi connectivity index (χ3v) is 5.82. The zero-order valence-corrected chi connectivity index (χ0v) is 17.0. The molecule has 2 rings (SSSR count). The number of aliphatic hydroxyl groups is 2. The normalized spacial score (nSPS) is 30.4. The molecule has 1 aliphatic carbocycles. The minimum absolute atomic E-state index is 0.0752. The Morgan fingerprint density at radius 2 is 0.957 bits per heavy atom. The molecule has 0 amide bonds. The van der Waals surface area contributed by atoms with Crippen LogP contribution in [-0.4, -0.2) is 45.4 Å². The van der Waals surface area contributed by atoms with Crippen molar-refractivity contribution in [2.45, 2.75) is 111 Å². The molecule has 0 bridgehead atoms. The molecule has 138 valence electrons. The number of rotatable bonds is 0. The maximum atomic E-state index is 9.67. The standard InChI is InChI=1S/C10H21NO.C10H20O/c1-9(2)6-8(12)7-10(3,4)11(9)5;1-9(2)5-8(11)6-10(3,4)7-9/h8,12H,6-7H2,1-5H3;8,11H,5-7H2,1-4H3. The molecule has 1 heterocycles. The minimum Gasteiger partial charge on any atom is -0.393 e. The summed E-state index contributed by atoms with van der Waals surface area (Å²) in [7, 11) is 2.14. The van der Waals surface area contributed by atoms with Crippen LogP contribution in [0.5, 0.6) is 0 Å². The van der Waals surface area contributed by atoms with Crippen molar-refractivity contribution in [2.75, 3.05) is 7.05 Å². The maximum absolute atomic E-state index is 9.67. The van der Waals surface area contributed by atoms with Crippen molar-refractivity contribution in [1.29, 1.82) is 0 Å². The SMILES string of the molecule is CC1(C)CC(O)CC(C)(C)C1.CN1C(C)(C)CC(O)CC1(C)C. The molecule has 0 atom stereocenters. The summed E-state index contributed by atoms with van der Waals surface area (Å²) in [5.74, 6) is 0. The van der Waals surface area contributed by atoms with Gasteiger partial charge < -0.3 is 10.2 Å². The lowest BCUT2D eigenvalue weighted by molar-refractivity contribution is -0.0641. The van der Waals surface area contributed by atoms with Crippen LogP contribution in [0.3, 0.4) is 0 Å². The molecule has 0 unspecified atom stereocenters. The molecule has 1 aliphatic heterocycles. The number of piperidine rings is 1. The molecular weight excluding hydrogens is 286 g/mol. The van der Waals surface area contributed by atoms with Gasteiger partial charge in [-0.25, -0.2) is 0 Å². The molecule has 0 aromatic carbocycles. The quantitative estimate of drug-likeness (QED) is 0.700. The molecule has 1 saturated carbocycles. The van der Waals surface area contributed by atoms with Crippen LogP contribution in [0.25, 0.3) is 0 Å². The molecule has 0 spiro atoms. The van der Waals surface area contributed by atoms with Crippen LogP contribution in [0.2, 0.25) is 0 Å². The number of aliphatic hydroxyl groups excluding tert-OH is 2. The van der Waals surface area contributed by atoms with E-state index in [1.165, 1.54) is 6.42 Å². The minimum atomic E-state index is -0.133. The number of nitrogens with zero attached hydrogens (tertiary/aromatic N) is 1. The summed E-state index contributed by atoms with van der Waals surface area (Å²) in [4.78, 5) is 2.37. The maximum Gasteiger partial charge on any atom is 0.0575 e. The second-order valence-corrected chi connectivity index (χ2v) is 10.8. The summed E-state index contributed by atoms with van der Waals surface area (Å²) in [5, 5.41) is 19.3. The van der Waals surface area contributed by atoms with Gasteiger partial charge in [-0.15, -0.1) is 0 Å². The van der Waals surface area contributed by atoms with Crippen molar-refractivity contribution in [3.8, 4) is 0 Å². The lowest BCUT2D eigenvalue weighted by Crippen LogP contribution is -2.59. The molecule has 2 N–H and O–H groups in total. The molecule has 0 aromatic heterocycles. The molecule has 1 saturated heterocycles. The molecule has 23 heavy (non-hydrogen) atoms. The number of hydrogen-bond donors (Lipinski definition) is 2. The van der Waals surface area contributed by atoms with Gasteiger partial charge in [0.15, 0.2) is 0 Å². The Morgan fingerprint density at radius 1 is 0.652 bits per heavy atom. The van der Waals surface area contributed by atoms with Gasteiger partial charge in [0.1, 0.15) is 0 Å². The molecular formula is C20H41NO2. The van der Waals surface area contributed by atoms with Crippen LogP contribution < -0.4 is 0 Å². The zero-order valence-electron chi connectivity index (χ0n) is 17.0. The lowest BCUT2D eigenvalue weighted by atomic mass is 9.64. The fourth-order valence-corrected chi connectivity index (χ4v) is 5.11. The van der Waals surface area contributed by atoms with E-state index in [0.717, 1.165) is 25.7 Å². The van der Waals surface area contributed by atoms with Crippen molar-refractivity contribution < 1.29 is 10.2 Å². The predicted molar refractivity (Wildman–Crippen MR) is 98.6 cm³/mol. The van der Waals surface area contributed by atoms with Gasteiger partial charge in [0.05, 0.1) is 12.2 Å². The third-order valence-electron chi connectivity index (χ3n) is 5.82. The van der Waals surface area contributed by atoms with Crippen LogP contribution in [0.15, 0.2) is 0 Å². The largest absolute Gasteiger partial charge is 0.393 e. The van der Waals surface area contributed by atoms with E-state index in [-0.39, 0.29) is 23.3 Å². The van der Waals surface area contributed by atoms with Crippen LogP contribution >= 0.6 is 0 Å². The fourth-order valence-electron chi connectivity index (χ4n) is 5.11. The average Bonchev–Trinajstić information content (AvgIpc) is 2.19. The summed E-state index contributed by atoms with van der Waals surface area (Å²) < 4.78 is 0. The molecule has 0 aromatic rings. The van der Waals surface area contributed by atoms with Crippen molar-refractivity contribution >= 4 is 0 Å². The van der Waals surface area contributed by atoms with Crippen LogP contribution in [-0.2, 0) is 0 Å². The van der Waals surface area contributed by atoms with Gasteiger partial charge in [0.2, 0.25) is 0 Å². The highest BCUT2D eigenvalue weighted by molar-refractivity contribution is 4.98. The van der Waals surface area contributed by atoms with Crippen LogP contribution in [0.1, 0.15) is 87.5 Å². The van der Waals surface area contributed by atoms with Gasteiger partial charge in [0.25, 0.3) is 0 Å². The van der Waals surface area contributed by atoms with E-state index in [2.05, 4.69) is 67.3 Å². The Hall–Kier alpha value is -0.120.